The molecule has 5 heteroatoms. The molecule has 0 aliphatic carbocycles. The number of fused-ring (bicyclic) bond motifs is 1. The summed E-state index contributed by atoms with van der Waals surface area (Å²) in [6.07, 6.45) is 1.57. The van der Waals surface area contributed by atoms with E-state index >= 15 is 0 Å². The van der Waals surface area contributed by atoms with Crippen molar-refractivity contribution < 1.29 is 0 Å². The minimum Gasteiger partial charge on any atom is -0.397 e. The SMILES string of the molecule is CC(C)Cc1nc2cc(NCCc3ccccc3)c(N)cc2[nH]c1=O. The number of H-pyrrole nitrogens is 1. The van der Waals surface area contributed by atoms with E-state index in [1.165, 1.54) is 5.56 Å². The highest BCUT2D eigenvalue weighted by Gasteiger charge is 2.09. The van der Waals surface area contributed by atoms with Crippen molar-refractivity contribution in [3.05, 3.63) is 64.1 Å². The lowest BCUT2D eigenvalue weighted by Gasteiger charge is -2.11. The van der Waals surface area contributed by atoms with Crippen LogP contribution in [0, 0.1) is 5.92 Å². The second kappa shape index (κ2) is 7.38. The van der Waals surface area contributed by atoms with E-state index in [1.807, 2.05) is 24.3 Å². The van der Waals surface area contributed by atoms with Gasteiger partial charge in [-0.25, -0.2) is 4.98 Å². The largest absolute Gasteiger partial charge is 0.397 e. The van der Waals surface area contributed by atoms with Gasteiger partial charge in [-0.1, -0.05) is 44.2 Å². The van der Waals surface area contributed by atoms with Crippen LogP contribution in [0.5, 0.6) is 0 Å². The number of nitrogens with zero attached hydrogens (tertiary/aromatic N) is 1. The van der Waals surface area contributed by atoms with Crippen molar-refractivity contribution in [2.75, 3.05) is 17.6 Å². The zero-order valence-electron chi connectivity index (χ0n) is 14.7. The third-order valence-corrected chi connectivity index (χ3v) is 4.11. The molecule has 5 nitrogen and oxygen atoms in total. The molecule has 0 unspecified atom stereocenters. The lowest BCUT2D eigenvalue weighted by molar-refractivity contribution is 0.631. The summed E-state index contributed by atoms with van der Waals surface area (Å²) in [5.41, 5.74) is 10.7. The molecular formula is C20H24N4O. The van der Waals surface area contributed by atoms with Gasteiger partial charge in [0.25, 0.3) is 5.56 Å². The maximum absolute atomic E-state index is 12.1. The third kappa shape index (κ3) is 4.18. The summed E-state index contributed by atoms with van der Waals surface area (Å²) >= 11 is 0. The van der Waals surface area contributed by atoms with E-state index in [9.17, 15) is 4.79 Å². The number of benzene rings is 2. The standard InChI is InChI=1S/C20H24N4O/c1-13(2)10-19-20(25)24-17-11-15(21)16(12-18(17)23-19)22-9-8-14-6-4-3-5-7-14/h3-7,11-13,22H,8-10,21H2,1-2H3,(H,24,25). The van der Waals surface area contributed by atoms with Crippen LogP contribution >= 0.6 is 0 Å². The number of nitrogen functional groups attached to an aromatic ring is 1. The molecule has 3 aromatic rings. The zero-order valence-corrected chi connectivity index (χ0v) is 14.7. The molecule has 0 radical (unpaired) electrons. The van der Waals surface area contributed by atoms with Gasteiger partial charge in [0.15, 0.2) is 0 Å². The topological polar surface area (TPSA) is 83.8 Å². The van der Waals surface area contributed by atoms with Crippen LogP contribution in [0.25, 0.3) is 11.0 Å². The highest BCUT2D eigenvalue weighted by Crippen LogP contribution is 2.23. The average Bonchev–Trinajstić information content (AvgIpc) is 2.57. The molecule has 0 aliphatic heterocycles. The van der Waals surface area contributed by atoms with E-state index in [-0.39, 0.29) is 5.56 Å². The van der Waals surface area contributed by atoms with Crippen LogP contribution in [0.15, 0.2) is 47.3 Å². The predicted octanol–water partition coefficient (Wildman–Crippen LogP) is 3.36. The van der Waals surface area contributed by atoms with Gasteiger partial charge in [0.2, 0.25) is 0 Å². The lowest BCUT2D eigenvalue weighted by atomic mass is 10.1. The fraction of sp³-hybridized carbons (Fsp3) is 0.300. The Bertz CT molecular complexity index is 916. The van der Waals surface area contributed by atoms with Crippen molar-refractivity contribution in [1.29, 1.82) is 0 Å². The van der Waals surface area contributed by atoms with Crippen molar-refractivity contribution in [3.63, 3.8) is 0 Å². The number of aromatic amines is 1. The summed E-state index contributed by atoms with van der Waals surface area (Å²) < 4.78 is 0. The highest BCUT2D eigenvalue weighted by atomic mass is 16.1. The first-order valence-electron chi connectivity index (χ1n) is 8.63. The summed E-state index contributed by atoms with van der Waals surface area (Å²) in [5.74, 6) is 0.378. The maximum atomic E-state index is 12.1. The minimum atomic E-state index is -0.134. The Morgan fingerprint density at radius 1 is 1.20 bits per heavy atom. The molecule has 4 N–H and O–H groups in total. The van der Waals surface area contributed by atoms with Crippen LogP contribution in [0.4, 0.5) is 11.4 Å². The number of aromatic nitrogens is 2. The van der Waals surface area contributed by atoms with E-state index in [0.717, 1.165) is 24.2 Å². The van der Waals surface area contributed by atoms with E-state index < -0.39 is 0 Å². The molecule has 130 valence electrons. The Hall–Kier alpha value is -2.82. The molecule has 0 aliphatic rings. The smallest absolute Gasteiger partial charge is 0.270 e. The first-order chi connectivity index (χ1) is 12.0. The van der Waals surface area contributed by atoms with Crippen molar-refractivity contribution in [2.24, 2.45) is 5.92 Å². The molecule has 0 atom stereocenters. The second-order valence-electron chi connectivity index (χ2n) is 6.73. The van der Waals surface area contributed by atoms with Crippen LogP contribution in [0.3, 0.4) is 0 Å². The first-order valence-corrected chi connectivity index (χ1v) is 8.63. The number of hydrogen-bond donors (Lipinski definition) is 3. The van der Waals surface area contributed by atoms with Gasteiger partial charge >= 0.3 is 0 Å². The number of nitrogens with two attached hydrogens (primary N) is 1. The summed E-state index contributed by atoms with van der Waals surface area (Å²) in [6, 6.07) is 14.0. The van der Waals surface area contributed by atoms with Gasteiger partial charge in [0.1, 0.15) is 5.69 Å². The van der Waals surface area contributed by atoms with Gasteiger partial charge in [-0.05, 0) is 36.5 Å². The molecule has 0 saturated heterocycles. The molecule has 0 bridgehead atoms. The highest BCUT2D eigenvalue weighted by molar-refractivity contribution is 5.86. The third-order valence-electron chi connectivity index (χ3n) is 4.11. The minimum absolute atomic E-state index is 0.134. The summed E-state index contributed by atoms with van der Waals surface area (Å²) in [4.78, 5) is 19.6. The molecule has 25 heavy (non-hydrogen) atoms. The Morgan fingerprint density at radius 2 is 1.96 bits per heavy atom. The van der Waals surface area contributed by atoms with Gasteiger partial charge < -0.3 is 16.0 Å². The molecule has 0 spiro atoms. The van der Waals surface area contributed by atoms with E-state index in [1.54, 1.807) is 6.07 Å². The summed E-state index contributed by atoms with van der Waals surface area (Å²) in [7, 11) is 0. The van der Waals surface area contributed by atoms with Crippen LogP contribution in [0.2, 0.25) is 0 Å². The summed E-state index contributed by atoms with van der Waals surface area (Å²) in [5, 5.41) is 3.37. The van der Waals surface area contributed by atoms with Gasteiger partial charge in [-0.15, -0.1) is 0 Å². The van der Waals surface area contributed by atoms with Gasteiger partial charge in [-0.3, -0.25) is 4.79 Å². The van der Waals surface area contributed by atoms with Crippen LogP contribution in [-0.2, 0) is 12.8 Å². The number of anilines is 2. The van der Waals surface area contributed by atoms with E-state index in [0.29, 0.717) is 29.2 Å². The molecule has 0 fully saturated rings. The first kappa shape index (κ1) is 17.0. The zero-order chi connectivity index (χ0) is 17.8. The van der Waals surface area contributed by atoms with Gasteiger partial charge in [0, 0.05) is 6.54 Å². The van der Waals surface area contributed by atoms with Crippen molar-refractivity contribution in [1.82, 2.24) is 9.97 Å². The number of rotatable bonds is 6. The van der Waals surface area contributed by atoms with Gasteiger partial charge in [0.05, 0.1) is 22.4 Å². The maximum Gasteiger partial charge on any atom is 0.270 e. The fourth-order valence-corrected chi connectivity index (χ4v) is 2.85. The monoisotopic (exact) mass is 336 g/mol. The Balaban J connectivity index is 1.81. The van der Waals surface area contributed by atoms with Gasteiger partial charge in [-0.2, -0.15) is 0 Å². The number of nitrogens with one attached hydrogen (secondary N) is 2. The molecular weight excluding hydrogens is 312 g/mol. The quantitative estimate of drug-likeness (QED) is 0.603. The Labute approximate surface area is 147 Å². The fourth-order valence-electron chi connectivity index (χ4n) is 2.85. The average molecular weight is 336 g/mol. The van der Waals surface area contributed by atoms with E-state index in [4.69, 9.17) is 5.73 Å². The van der Waals surface area contributed by atoms with Crippen LogP contribution in [-0.4, -0.2) is 16.5 Å². The molecule has 2 aromatic carbocycles. The molecule has 0 amide bonds. The number of hydrogen-bond acceptors (Lipinski definition) is 4. The molecule has 1 heterocycles. The van der Waals surface area contributed by atoms with Crippen LogP contribution in [0.1, 0.15) is 25.1 Å². The second-order valence-corrected chi connectivity index (χ2v) is 6.73. The Kier molecular flexibility index (Phi) is 5.03. The molecule has 0 saturated carbocycles. The summed E-state index contributed by atoms with van der Waals surface area (Å²) in [6.45, 7) is 4.93. The predicted molar refractivity (Wildman–Crippen MR) is 104 cm³/mol. The van der Waals surface area contributed by atoms with Crippen molar-refractivity contribution in [2.45, 2.75) is 26.7 Å². The molecule has 3 rings (SSSR count). The molecule has 1 aromatic heterocycles. The van der Waals surface area contributed by atoms with Crippen molar-refractivity contribution >= 4 is 22.4 Å². The Morgan fingerprint density at radius 3 is 2.68 bits per heavy atom. The van der Waals surface area contributed by atoms with Crippen molar-refractivity contribution in [3.8, 4) is 0 Å². The lowest BCUT2D eigenvalue weighted by Crippen LogP contribution is -2.17. The van der Waals surface area contributed by atoms with Crippen LogP contribution < -0.4 is 16.6 Å². The van der Waals surface area contributed by atoms with E-state index in [2.05, 4.69) is 41.3 Å². The normalized spacial score (nSPS) is 11.2.